The second kappa shape index (κ2) is 6.47. The van der Waals surface area contributed by atoms with E-state index in [1.54, 1.807) is 0 Å². The summed E-state index contributed by atoms with van der Waals surface area (Å²) in [6.07, 6.45) is 1.43. The Kier molecular flexibility index (Phi) is 4.57. The summed E-state index contributed by atoms with van der Waals surface area (Å²) in [7, 11) is 0. The van der Waals surface area contributed by atoms with Crippen LogP contribution < -0.4 is 5.32 Å². The van der Waals surface area contributed by atoms with Crippen molar-refractivity contribution >= 4 is 29.1 Å². The van der Waals surface area contributed by atoms with Crippen LogP contribution >= 0.6 is 23.2 Å². The summed E-state index contributed by atoms with van der Waals surface area (Å²) < 4.78 is 18.6. The van der Waals surface area contributed by atoms with Gasteiger partial charge in [-0.1, -0.05) is 28.4 Å². The predicted octanol–water partition coefficient (Wildman–Crippen LogP) is 3.43. The molecule has 2 aromatic rings. The van der Waals surface area contributed by atoms with Gasteiger partial charge in [-0.05, 0) is 37.5 Å². The first-order valence-corrected chi connectivity index (χ1v) is 7.81. The highest BCUT2D eigenvalue weighted by Gasteiger charge is 2.28. The molecule has 122 valence electrons. The molecular formula is C15H13Cl2FN2O3. The number of aliphatic hydroxyl groups excluding tert-OH is 1. The van der Waals surface area contributed by atoms with Gasteiger partial charge in [0, 0.05) is 11.6 Å². The first kappa shape index (κ1) is 16.2. The van der Waals surface area contributed by atoms with Gasteiger partial charge >= 0.3 is 0 Å². The molecule has 23 heavy (non-hydrogen) atoms. The molecule has 1 heterocycles. The maximum Gasteiger partial charge on any atom is 0.275 e. The number of benzene rings is 1. The van der Waals surface area contributed by atoms with Crippen LogP contribution in [0.1, 0.15) is 29.8 Å². The van der Waals surface area contributed by atoms with Gasteiger partial charge in [0.25, 0.3) is 5.91 Å². The van der Waals surface area contributed by atoms with E-state index in [1.165, 1.54) is 12.1 Å². The van der Waals surface area contributed by atoms with Gasteiger partial charge in [-0.2, -0.15) is 0 Å². The molecule has 1 aromatic heterocycles. The number of nitrogens with zero attached hydrogens (tertiary/aromatic N) is 1. The number of carbonyl (C=O) groups is 1. The van der Waals surface area contributed by atoms with E-state index in [-0.39, 0.29) is 27.5 Å². The minimum atomic E-state index is -0.623. The summed E-state index contributed by atoms with van der Waals surface area (Å²) in [6, 6.07) is 3.92. The van der Waals surface area contributed by atoms with Gasteiger partial charge in [-0.25, -0.2) is 4.39 Å². The molecule has 0 unspecified atom stereocenters. The third kappa shape index (κ3) is 3.34. The van der Waals surface area contributed by atoms with Gasteiger partial charge in [0.05, 0.1) is 11.1 Å². The van der Waals surface area contributed by atoms with Crippen molar-refractivity contribution < 1.29 is 18.8 Å². The highest BCUT2D eigenvalue weighted by Crippen LogP contribution is 2.32. The molecule has 1 amide bonds. The van der Waals surface area contributed by atoms with Gasteiger partial charge in [0.2, 0.25) is 0 Å². The van der Waals surface area contributed by atoms with Crippen LogP contribution in [0.4, 0.5) is 4.39 Å². The Morgan fingerprint density at radius 3 is 2.83 bits per heavy atom. The molecule has 2 atom stereocenters. The maximum atomic E-state index is 13.5. The molecule has 1 saturated carbocycles. The summed E-state index contributed by atoms with van der Waals surface area (Å²) in [5.41, 5.74) is 0.262. The molecule has 0 aliphatic heterocycles. The summed E-state index contributed by atoms with van der Waals surface area (Å²) in [6.45, 7) is 0. The second-order valence-electron chi connectivity index (χ2n) is 5.44. The van der Waals surface area contributed by atoms with Crippen molar-refractivity contribution in [2.75, 3.05) is 0 Å². The maximum absolute atomic E-state index is 13.5. The van der Waals surface area contributed by atoms with Crippen LogP contribution in [0.3, 0.4) is 0 Å². The molecule has 1 aliphatic rings. The van der Waals surface area contributed by atoms with Gasteiger partial charge in [0.1, 0.15) is 10.8 Å². The van der Waals surface area contributed by atoms with Crippen LogP contribution in [-0.4, -0.2) is 28.3 Å². The fourth-order valence-electron chi connectivity index (χ4n) is 2.58. The van der Waals surface area contributed by atoms with Crippen LogP contribution in [0, 0.1) is 5.82 Å². The van der Waals surface area contributed by atoms with Crippen LogP contribution in [0.25, 0.3) is 11.3 Å². The number of nitrogens with one attached hydrogen (secondary N) is 1. The Morgan fingerprint density at radius 1 is 1.39 bits per heavy atom. The Hall–Kier alpha value is -1.63. The van der Waals surface area contributed by atoms with Crippen molar-refractivity contribution in [1.29, 1.82) is 0 Å². The fraction of sp³-hybridized carbons (Fsp3) is 0.333. The van der Waals surface area contributed by atoms with E-state index in [0.717, 1.165) is 6.07 Å². The molecule has 5 nitrogen and oxygen atoms in total. The van der Waals surface area contributed by atoms with Crippen molar-refractivity contribution in [3.05, 3.63) is 39.8 Å². The van der Waals surface area contributed by atoms with E-state index in [2.05, 4.69) is 10.5 Å². The molecule has 8 heteroatoms. The Morgan fingerprint density at radius 2 is 2.17 bits per heavy atom. The zero-order chi connectivity index (χ0) is 16.6. The highest BCUT2D eigenvalue weighted by molar-refractivity contribution is 6.35. The number of rotatable bonds is 3. The number of aromatic nitrogens is 1. The van der Waals surface area contributed by atoms with Crippen LogP contribution in [-0.2, 0) is 0 Å². The van der Waals surface area contributed by atoms with E-state index in [4.69, 9.17) is 27.7 Å². The summed E-state index contributed by atoms with van der Waals surface area (Å²) in [5.74, 6) is -1.01. The minimum absolute atomic E-state index is 0.00256. The van der Waals surface area contributed by atoms with E-state index in [1.807, 2.05) is 0 Å². The van der Waals surface area contributed by atoms with E-state index >= 15 is 0 Å². The number of hydrogen-bond acceptors (Lipinski definition) is 4. The van der Waals surface area contributed by atoms with E-state index in [9.17, 15) is 14.3 Å². The fourth-order valence-corrected chi connectivity index (χ4v) is 2.96. The monoisotopic (exact) mass is 358 g/mol. The normalized spacial score (nSPS) is 20.7. The van der Waals surface area contributed by atoms with Crippen LogP contribution in [0.5, 0.6) is 0 Å². The zero-order valence-corrected chi connectivity index (χ0v) is 13.4. The van der Waals surface area contributed by atoms with Crippen molar-refractivity contribution in [2.45, 2.75) is 31.4 Å². The summed E-state index contributed by atoms with van der Waals surface area (Å²) in [4.78, 5) is 12.2. The summed E-state index contributed by atoms with van der Waals surface area (Å²) in [5, 5.41) is 15.9. The largest absolute Gasteiger partial charge is 0.393 e. The van der Waals surface area contributed by atoms with Crippen molar-refractivity contribution in [1.82, 2.24) is 10.5 Å². The Labute approximate surface area is 141 Å². The van der Waals surface area contributed by atoms with Crippen molar-refractivity contribution in [3.8, 4) is 11.3 Å². The van der Waals surface area contributed by atoms with Gasteiger partial charge < -0.3 is 14.9 Å². The SMILES string of the molecule is O=C(N[C@@H]1CC[C@H](O)C1)c1noc(-c2ccc(Cl)c(F)c2)c1Cl. The lowest BCUT2D eigenvalue weighted by atomic mass is 10.1. The Balaban J connectivity index is 1.81. The van der Waals surface area contributed by atoms with Gasteiger partial charge in [-0.3, -0.25) is 4.79 Å². The molecule has 1 fully saturated rings. The molecule has 0 saturated heterocycles. The topological polar surface area (TPSA) is 75.4 Å². The molecule has 3 rings (SSSR count). The third-order valence-electron chi connectivity index (χ3n) is 3.77. The third-order valence-corrected chi connectivity index (χ3v) is 4.43. The average molecular weight is 359 g/mol. The van der Waals surface area contributed by atoms with Gasteiger partial charge in [-0.15, -0.1) is 0 Å². The first-order valence-electron chi connectivity index (χ1n) is 7.05. The predicted molar refractivity (Wildman–Crippen MR) is 83.0 cm³/mol. The molecule has 1 aromatic carbocycles. The molecule has 0 bridgehead atoms. The minimum Gasteiger partial charge on any atom is -0.393 e. The number of hydrogen-bond donors (Lipinski definition) is 2. The van der Waals surface area contributed by atoms with E-state index < -0.39 is 17.8 Å². The van der Waals surface area contributed by atoms with Gasteiger partial charge in [0.15, 0.2) is 11.5 Å². The first-order chi connectivity index (χ1) is 11.0. The molecule has 0 radical (unpaired) electrons. The lowest BCUT2D eigenvalue weighted by Gasteiger charge is -2.10. The molecule has 1 aliphatic carbocycles. The second-order valence-corrected chi connectivity index (χ2v) is 6.23. The number of amides is 1. The molecule has 0 spiro atoms. The number of aliphatic hydroxyl groups is 1. The summed E-state index contributed by atoms with van der Waals surface area (Å²) >= 11 is 11.8. The highest BCUT2D eigenvalue weighted by atomic mass is 35.5. The zero-order valence-electron chi connectivity index (χ0n) is 11.9. The standard InChI is InChI=1S/C15H13Cl2FN2O3/c16-10-4-1-7(5-11(10)18)14-12(17)13(20-23-14)15(22)19-8-2-3-9(21)6-8/h1,4-5,8-9,21H,2-3,6H2,(H,19,22)/t8-,9+/m1/s1. The molecular weight excluding hydrogens is 346 g/mol. The average Bonchev–Trinajstić information content (AvgIpc) is 3.08. The molecule has 2 N–H and O–H groups in total. The smallest absolute Gasteiger partial charge is 0.275 e. The Bertz CT molecular complexity index is 750. The van der Waals surface area contributed by atoms with E-state index in [0.29, 0.717) is 24.8 Å². The van der Waals surface area contributed by atoms with Crippen LogP contribution in [0.2, 0.25) is 10.0 Å². The number of halogens is 3. The lowest BCUT2D eigenvalue weighted by Crippen LogP contribution is -2.33. The number of carbonyl (C=O) groups excluding carboxylic acids is 1. The van der Waals surface area contributed by atoms with Crippen molar-refractivity contribution in [3.63, 3.8) is 0 Å². The van der Waals surface area contributed by atoms with Crippen molar-refractivity contribution in [2.24, 2.45) is 0 Å². The quantitative estimate of drug-likeness (QED) is 0.881. The lowest BCUT2D eigenvalue weighted by molar-refractivity contribution is 0.0925. The van der Waals surface area contributed by atoms with Crippen LogP contribution in [0.15, 0.2) is 22.7 Å².